The number of aliphatic carboxylic acids is 1. The van der Waals surface area contributed by atoms with E-state index in [4.69, 9.17) is 10.8 Å². The monoisotopic (exact) mass is 316 g/mol. The summed E-state index contributed by atoms with van der Waals surface area (Å²) >= 11 is 3.19. The molecule has 18 heavy (non-hydrogen) atoms. The second-order valence-electron chi connectivity index (χ2n) is 4.66. The van der Waals surface area contributed by atoms with E-state index in [0.29, 0.717) is 29.5 Å². The fraction of sp³-hybridized carbons (Fsp3) is 0.417. The van der Waals surface area contributed by atoms with Gasteiger partial charge < -0.3 is 10.8 Å². The van der Waals surface area contributed by atoms with Crippen molar-refractivity contribution in [1.29, 1.82) is 0 Å². The zero-order chi connectivity index (χ0) is 13.3. The molecule has 3 N–H and O–H groups in total. The molecule has 1 heterocycles. The number of nitrogens with zero attached hydrogens (tertiary/aromatic N) is 1. The second-order valence-corrected chi connectivity index (χ2v) is 5.57. The van der Waals surface area contributed by atoms with Crippen LogP contribution in [0.3, 0.4) is 0 Å². The Kier molecular flexibility index (Phi) is 3.70. The zero-order valence-corrected chi connectivity index (χ0v) is 11.3. The number of likely N-dealkylation sites (tertiary alicyclic amines) is 1. The Bertz CT molecular complexity index is 483. The van der Waals surface area contributed by atoms with Gasteiger partial charge in [0.25, 0.3) is 0 Å². The van der Waals surface area contributed by atoms with Crippen LogP contribution in [0.5, 0.6) is 0 Å². The number of carbonyl (C=O) groups is 1. The molecule has 98 valence electrons. The number of nitrogens with two attached hydrogens (primary N) is 1. The Hall–Kier alpha value is -0.980. The van der Waals surface area contributed by atoms with E-state index in [0.717, 1.165) is 0 Å². The smallest absolute Gasteiger partial charge is 0.325 e. The van der Waals surface area contributed by atoms with E-state index in [1.165, 1.54) is 6.07 Å². The molecular formula is C12H14BrFN2O2. The maximum Gasteiger partial charge on any atom is 0.325 e. The predicted octanol–water partition coefficient (Wildman–Crippen LogP) is 1.58. The Morgan fingerprint density at radius 2 is 2.33 bits per heavy atom. The molecule has 1 fully saturated rings. The molecule has 1 aliphatic rings. The van der Waals surface area contributed by atoms with Crippen molar-refractivity contribution in [1.82, 2.24) is 4.90 Å². The first kappa shape index (κ1) is 13.5. The van der Waals surface area contributed by atoms with Gasteiger partial charge in [0.15, 0.2) is 0 Å². The Balaban J connectivity index is 2.06. The molecule has 0 aromatic heterocycles. The molecule has 1 aromatic rings. The first-order valence-corrected chi connectivity index (χ1v) is 6.38. The number of carboxylic acid groups (broad SMARTS) is 1. The summed E-state index contributed by atoms with van der Waals surface area (Å²) in [6, 6.07) is 4.86. The van der Waals surface area contributed by atoms with Crippen LogP contribution in [0.15, 0.2) is 22.7 Å². The lowest BCUT2D eigenvalue weighted by Crippen LogP contribution is -2.50. The van der Waals surface area contributed by atoms with E-state index < -0.39 is 11.5 Å². The quantitative estimate of drug-likeness (QED) is 0.888. The topological polar surface area (TPSA) is 66.6 Å². The van der Waals surface area contributed by atoms with Crippen molar-refractivity contribution in [3.05, 3.63) is 34.1 Å². The number of hydrogen-bond donors (Lipinski definition) is 2. The number of carboxylic acids is 1. The summed E-state index contributed by atoms with van der Waals surface area (Å²) in [5.74, 6) is -1.30. The van der Waals surface area contributed by atoms with Gasteiger partial charge in [0.1, 0.15) is 11.4 Å². The maximum atomic E-state index is 13.7. The Morgan fingerprint density at radius 1 is 1.61 bits per heavy atom. The van der Waals surface area contributed by atoms with E-state index in [-0.39, 0.29) is 12.4 Å². The van der Waals surface area contributed by atoms with Crippen LogP contribution >= 0.6 is 15.9 Å². The summed E-state index contributed by atoms with van der Waals surface area (Å²) in [6.45, 7) is 1.20. The first-order valence-electron chi connectivity index (χ1n) is 5.59. The number of rotatable bonds is 3. The highest BCUT2D eigenvalue weighted by atomic mass is 79.9. The molecular weight excluding hydrogens is 303 g/mol. The van der Waals surface area contributed by atoms with Crippen molar-refractivity contribution < 1.29 is 14.3 Å². The van der Waals surface area contributed by atoms with Gasteiger partial charge in [-0.05, 0) is 18.6 Å². The van der Waals surface area contributed by atoms with Gasteiger partial charge >= 0.3 is 5.97 Å². The second kappa shape index (κ2) is 4.95. The van der Waals surface area contributed by atoms with E-state index in [1.54, 1.807) is 12.1 Å². The van der Waals surface area contributed by atoms with Crippen molar-refractivity contribution in [3.63, 3.8) is 0 Å². The number of benzene rings is 1. The average Bonchev–Trinajstić information content (AvgIpc) is 2.66. The fourth-order valence-corrected chi connectivity index (χ4v) is 2.45. The maximum absolute atomic E-state index is 13.7. The van der Waals surface area contributed by atoms with Crippen molar-refractivity contribution in [2.45, 2.75) is 18.5 Å². The predicted molar refractivity (Wildman–Crippen MR) is 68.5 cm³/mol. The number of hydrogen-bond acceptors (Lipinski definition) is 3. The van der Waals surface area contributed by atoms with Gasteiger partial charge in [-0.2, -0.15) is 0 Å². The summed E-state index contributed by atoms with van der Waals surface area (Å²) < 4.78 is 14.3. The van der Waals surface area contributed by atoms with E-state index in [9.17, 15) is 9.18 Å². The molecule has 1 aromatic carbocycles. The van der Waals surface area contributed by atoms with Crippen molar-refractivity contribution >= 4 is 21.9 Å². The van der Waals surface area contributed by atoms with Gasteiger partial charge in [-0.1, -0.05) is 22.0 Å². The lowest BCUT2D eigenvalue weighted by Gasteiger charge is -2.20. The zero-order valence-electron chi connectivity index (χ0n) is 9.70. The molecule has 2 rings (SSSR count). The van der Waals surface area contributed by atoms with Crippen LogP contribution in [-0.2, 0) is 11.3 Å². The van der Waals surface area contributed by atoms with Crippen LogP contribution in [-0.4, -0.2) is 34.6 Å². The van der Waals surface area contributed by atoms with Crippen LogP contribution in [0.2, 0.25) is 0 Å². The molecule has 0 aliphatic carbocycles. The molecule has 0 bridgehead atoms. The third-order valence-electron chi connectivity index (χ3n) is 3.21. The molecule has 0 amide bonds. The minimum atomic E-state index is -1.20. The minimum absolute atomic E-state index is 0.248. The van der Waals surface area contributed by atoms with Gasteiger partial charge in [-0.15, -0.1) is 0 Å². The van der Waals surface area contributed by atoms with Crippen LogP contribution < -0.4 is 5.73 Å². The van der Waals surface area contributed by atoms with Crippen LogP contribution in [0.1, 0.15) is 12.0 Å². The minimum Gasteiger partial charge on any atom is -0.480 e. The third kappa shape index (κ3) is 2.71. The lowest BCUT2D eigenvalue weighted by atomic mass is 10.0. The fourth-order valence-electron chi connectivity index (χ4n) is 2.12. The van der Waals surface area contributed by atoms with E-state index in [1.807, 2.05) is 4.90 Å². The molecule has 0 spiro atoms. The highest BCUT2D eigenvalue weighted by Crippen LogP contribution is 2.23. The average molecular weight is 317 g/mol. The number of halogens is 2. The molecule has 1 unspecified atom stereocenters. The summed E-state index contributed by atoms with van der Waals surface area (Å²) in [5.41, 5.74) is 5.11. The van der Waals surface area contributed by atoms with Gasteiger partial charge in [0.2, 0.25) is 0 Å². The van der Waals surface area contributed by atoms with Gasteiger partial charge in [0.05, 0.1) is 0 Å². The molecule has 0 radical (unpaired) electrons. The van der Waals surface area contributed by atoms with E-state index in [2.05, 4.69) is 15.9 Å². The summed E-state index contributed by atoms with van der Waals surface area (Å²) in [6.07, 6.45) is 0.389. The van der Waals surface area contributed by atoms with Crippen LogP contribution in [0.4, 0.5) is 4.39 Å². The summed E-state index contributed by atoms with van der Waals surface area (Å²) in [7, 11) is 0. The van der Waals surface area contributed by atoms with Crippen molar-refractivity contribution in [2.75, 3.05) is 13.1 Å². The van der Waals surface area contributed by atoms with Crippen LogP contribution in [0, 0.1) is 5.82 Å². The molecule has 0 saturated carbocycles. The normalized spacial score (nSPS) is 24.4. The largest absolute Gasteiger partial charge is 0.480 e. The van der Waals surface area contributed by atoms with E-state index >= 15 is 0 Å². The van der Waals surface area contributed by atoms with Crippen molar-refractivity contribution in [2.24, 2.45) is 5.73 Å². The molecule has 1 aliphatic heterocycles. The van der Waals surface area contributed by atoms with Crippen LogP contribution in [0.25, 0.3) is 0 Å². The molecule has 1 atom stereocenters. The van der Waals surface area contributed by atoms with Gasteiger partial charge in [-0.25, -0.2) is 4.39 Å². The van der Waals surface area contributed by atoms with Gasteiger partial charge in [0, 0.05) is 29.7 Å². The SMILES string of the molecule is NC1(C(=O)O)CCN(Cc2ccc(Br)cc2F)C1. The first-order chi connectivity index (χ1) is 8.40. The summed E-state index contributed by atoms with van der Waals surface area (Å²) in [5, 5.41) is 9.02. The summed E-state index contributed by atoms with van der Waals surface area (Å²) in [4.78, 5) is 12.9. The highest BCUT2D eigenvalue weighted by molar-refractivity contribution is 9.10. The molecule has 1 saturated heterocycles. The Labute approximate surface area is 113 Å². The third-order valence-corrected chi connectivity index (χ3v) is 3.71. The van der Waals surface area contributed by atoms with Gasteiger partial charge in [-0.3, -0.25) is 9.69 Å². The Morgan fingerprint density at radius 3 is 2.89 bits per heavy atom. The lowest BCUT2D eigenvalue weighted by molar-refractivity contribution is -0.142. The highest BCUT2D eigenvalue weighted by Gasteiger charge is 2.41. The molecule has 6 heteroatoms. The van der Waals surface area contributed by atoms with Crippen molar-refractivity contribution in [3.8, 4) is 0 Å². The standard InChI is InChI=1S/C12H14BrFN2O2/c13-9-2-1-8(10(14)5-9)6-16-4-3-12(15,7-16)11(17)18/h1-2,5H,3-4,6-7,15H2,(H,17,18). The molecule has 4 nitrogen and oxygen atoms in total.